The van der Waals surface area contributed by atoms with Gasteiger partial charge in [0.05, 0.1) is 5.56 Å². The maximum Gasteiger partial charge on any atom is 0.338 e. The van der Waals surface area contributed by atoms with Crippen molar-refractivity contribution in [3.05, 3.63) is 53.5 Å². The number of carboxylic acids is 1. The Labute approximate surface area is 108 Å². The second kappa shape index (κ2) is 5.18. The van der Waals surface area contributed by atoms with Crippen molar-refractivity contribution in [3.8, 4) is 0 Å². The van der Waals surface area contributed by atoms with E-state index < -0.39 is 5.97 Å². The van der Waals surface area contributed by atoms with E-state index in [-0.39, 0.29) is 11.4 Å². The van der Waals surface area contributed by atoms with Crippen LogP contribution < -0.4 is 0 Å². The highest BCUT2D eigenvalue weighted by Gasteiger charge is 2.13. The number of rotatable bonds is 3. The highest BCUT2D eigenvalue weighted by atomic mass is 32.2. The molecule has 1 aromatic carbocycles. The molecule has 0 spiro atoms. The Bertz CT molecular complexity index is 601. The van der Waals surface area contributed by atoms with Gasteiger partial charge in [0.25, 0.3) is 0 Å². The predicted octanol–water partition coefficient (Wildman–Crippen LogP) is 3.38. The Hall–Kier alpha value is -1.88. The van der Waals surface area contributed by atoms with Crippen molar-refractivity contribution >= 4 is 17.7 Å². The first kappa shape index (κ1) is 12.6. The SMILES string of the molecule is Cc1ccc(C(=O)O)c(Sc2cccc(F)c2)n1. The van der Waals surface area contributed by atoms with Gasteiger partial charge in [-0.3, -0.25) is 0 Å². The molecule has 92 valence electrons. The number of aryl methyl sites for hydroxylation is 1. The van der Waals surface area contributed by atoms with E-state index in [2.05, 4.69) is 4.98 Å². The molecule has 0 atom stereocenters. The summed E-state index contributed by atoms with van der Waals surface area (Å²) in [5, 5.41) is 9.43. The largest absolute Gasteiger partial charge is 0.478 e. The molecule has 0 aliphatic heterocycles. The van der Waals surface area contributed by atoms with Gasteiger partial charge in [0.1, 0.15) is 10.8 Å². The van der Waals surface area contributed by atoms with Crippen molar-refractivity contribution < 1.29 is 14.3 Å². The van der Waals surface area contributed by atoms with Crippen molar-refractivity contribution in [1.82, 2.24) is 4.98 Å². The summed E-state index contributed by atoms with van der Waals surface area (Å²) in [6, 6.07) is 9.12. The van der Waals surface area contributed by atoms with Gasteiger partial charge in [0, 0.05) is 10.6 Å². The topological polar surface area (TPSA) is 50.2 Å². The minimum Gasteiger partial charge on any atom is -0.478 e. The van der Waals surface area contributed by atoms with Gasteiger partial charge in [-0.2, -0.15) is 0 Å². The van der Waals surface area contributed by atoms with Crippen LogP contribution in [0.2, 0.25) is 0 Å². The number of aromatic nitrogens is 1. The molecule has 0 saturated carbocycles. The molecule has 18 heavy (non-hydrogen) atoms. The Morgan fingerprint density at radius 3 is 2.78 bits per heavy atom. The summed E-state index contributed by atoms with van der Waals surface area (Å²) in [6.07, 6.45) is 0. The summed E-state index contributed by atoms with van der Waals surface area (Å²) in [5.74, 6) is -1.40. The van der Waals surface area contributed by atoms with Gasteiger partial charge in [-0.1, -0.05) is 17.8 Å². The van der Waals surface area contributed by atoms with Gasteiger partial charge in [-0.05, 0) is 37.3 Å². The predicted molar refractivity (Wildman–Crippen MR) is 66.5 cm³/mol. The molecular formula is C13H10FNO2S. The summed E-state index contributed by atoms with van der Waals surface area (Å²) in [6.45, 7) is 1.78. The van der Waals surface area contributed by atoms with E-state index >= 15 is 0 Å². The Balaban J connectivity index is 2.39. The molecule has 2 rings (SSSR count). The maximum atomic E-state index is 13.1. The molecule has 0 bridgehead atoms. The molecule has 3 nitrogen and oxygen atoms in total. The first-order chi connectivity index (χ1) is 8.56. The molecule has 0 amide bonds. The van der Waals surface area contributed by atoms with Crippen molar-refractivity contribution in [2.75, 3.05) is 0 Å². The Morgan fingerprint density at radius 1 is 1.33 bits per heavy atom. The van der Waals surface area contributed by atoms with Crippen LogP contribution in [0.3, 0.4) is 0 Å². The normalized spacial score (nSPS) is 10.3. The average Bonchev–Trinajstić information content (AvgIpc) is 2.28. The van der Waals surface area contributed by atoms with Crippen LogP contribution in [0.15, 0.2) is 46.3 Å². The van der Waals surface area contributed by atoms with Crippen LogP contribution in [0.4, 0.5) is 4.39 Å². The molecule has 0 aliphatic carbocycles. The number of benzene rings is 1. The highest BCUT2D eigenvalue weighted by molar-refractivity contribution is 7.99. The molecule has 5 heteroatoms. The zero-order valence-electron chi connectivity index (χ0n) is 9.55. The number of halogens is 1. The lowest BCUT2D eigenvalue weighted by Crippen LogP contribution is -2.01. The molecule has 1 aromatic heterocycles. The molecule has 0 unspecified atom stereocenters. The molecule has 1 heterocycles. The quantitative estimate of drug-likeness (QED) is 0.922. The molecule has 1 N–H and O–H groups in total. The zero-order chi connectivity index (χ0) is 13.1. The van der Waals surface area contributed by atoms with Crippen LogP contribution in [0, 0.1) is 12.7 Å². The lowest BCUT2D eigenvalue weighted by molar-refractivity contribution is 0.0692. The standard InChI is InChI=1S/C13H10FNO2S/c1-8-5-6-11(13(16)17)12(15-8)18-10-4-2-3-9(14)7-10/h2-7H,1H3,(H,16,17). The van der Waals surface area contributed by atoms with Crippen LogP contribution in [0.25, 0.3) is 0 Å². The van der Waals surface area contributed by atoms with E-state index in [9.17, 15) is 9.18 Å². The van der Waals surface area contributed by atoms with Crippen molar-refractivity contribution in [2.45, 2.75) is 16.8 Å². The smallest absolute Gasteiger partial charge is 0.338 e. The van der Waals surface area contributed by atoms with E-state index in [4.69, 9.17) is 5.11 Å². The summed E-state index contributed by atoms with van der Waals surface area (Å²) < 4.78 is 13.1. The first-order valence-electron chi connectivity index (χ1n) is 5.20. The average molecular weight is 263 g/mol. The maximum absolute atomic E-state index is 13.1. The highest BCUT2D eigenvalue weighted by Crippen LogP contribution is 2.29. The summed E-state index contributed by atoms with van der Waals surface area (Å²) in [4.78, 5) is 15.9. The van der Waals surface area contributed by atoms with Gasteiger partial charge in [-0.15, -0.1) is 0 Å². The van der Waals surface area contributed by atoms with Crippen LogP contribution in [-0.2, 0) is 0 Å². The summed E-state index contributed by atoms with van der Waals surface area (Å²) in [7, 11) is 0. The number of carboxylic acid groups (broad SMARTS) is 1. The first-order valence-corrected chi connectivity index (χ1v) is 6.02. The van der Waals surface area contributed by atoms with E-state index in [1.54, 1.807) is 25.1 Å². The zero-order valence-corrected chi connectivity index (χ0v) is 10.4. The minimum atomic E-state index is -1.04. The second-order valence-corrected chi connectivity index (χ2v) is 4.73. The van der Waals surface area contributed by atoms with Gasteiger partial charge < -0.3 is 5.11 Å². The van der Waals surface area contributed by atoms with Crippen molar-refractivity contribution in [1.29, 1.82) is 0 Å². The van der Waals surface area contributed by atoms with E-state index in [0.29, 0.717) is 9.92 Å². The number of carbonyl (C=O) groups is 1. The Morgan fingerprint density at radius 2 is 2.11 bits per heavy atom. The summed E-state index contributed by atoms with van der Waals surface area (Å²) in [5.41, 5.74) is 0.841. The van der Waals surface area contributed by atoms with Crippen molar-refractivity contribution in [2.24, 2.45) is 0 Å². The monoisotopic (exact) mass is 263 g/mol. The molecule has 0 radical (unpaired) electrons. The third kappa shape index (κ3) is 2.87. The second-order valence-electron chi connectivity index (χ2n) is 3.67. The minimum absolute atomic E-state index is 0.120. The third-order valence-electron chi connectivity index (χ3n) is 2.24. The lowest BCUT2D eigenvalue weighted by atomic mass is 10.2. The molecule has 0 fully saturated rings. The number of pyridine rings is 1. The number of hydrogen-bond donors (Lipinski definition) is 1. The number of hydrogen-bond acceptors (Lipinski definition) is 3. The summed E-state index contributed by atoms with van der Waals surface area (Å²) >= 11 is 1.14. The molecular weight excluding hydrogens is 253 g/mol. The van der Waals surface area contributed by atoms with Crippen molar-refractivity contribution in [3.63, 3.8) is 0 Å². The molecule has 2 aromatic rings. The molecule has 0 saturated heterocycles. The van der Waals surface area contributed by atoms with Gasteiger partial charge in [-0.25, -0.2) is 14.2 Å². The van der Waals surface area contributed by atoms with Crippen LogP contribution >= 0.6 is 11.8 Å². The van der Waals surface area contributed by atoms with E-state index in [1.807, 2.05) is 0 Å². The fraction of sp³-hybridized carbons (Fsp3) is 0.0769. The van der Waals surface area contributed by atoms with Crippen LogP contribution in [0.5, 0.6) is 0 Å². The van der Waals surface area contributed by atoms with Crippen LogP contribution in [0.1, 0.15) is 16.1 Å². The third-order valence-corrected chi connectivity index (χ3v) is 3.23. The van der Waals surface area contributed by atoms with Gasteiger partial charge in [0.2, 0.25) is 0 Å². The lowest BCUT2D eigenvalue weighted by Gasteiger charge is -2.06. The molecule has 0 aliphatic rings. The fourth-order valence-corrected chi connectivity index (χ4v) is 2.41. The van der Waals surface area contributed by atoms with Gasteiger partial charge >= 0.3 is 5.97 Å². The number of nitrogens with zero attached hydrogens (tertiary/aromatic N) is 1. The van der Waals surface area contributed by atoms with E-state index in [1.165, 1.54) is 18.2 Å². The van der Waals surface area contributed by atoms with Gasteiger partial charge in [0.15, 0.2) is 0 Å². The Kier molecular flexibility index (Phi) is 3.62. The van der Waals surface area contributed by atoms with E-state index in [0.717, 1.165) is 17.5 Å². The van der Waals surface area contributed by atoms with Crippen LogP contribution in [-0.4, -0.2) is 16.1 Å². The number of aromatic carboxylic acids is 1. The fourth-order valence-electron chi connectivity index (χ4n) is 1.42.